The van der Waals surface area contributed by atoms with Crippen molar-refractivity contribution in [3.8, 4) is 16.9 Å². The summed E-state index contributed by atoms with van der Waals surface area (Å²) >= 11 is 0. The molecule has 0 aliphatic heterocycles. The number of rotatable bonds is 4. The third-order valence-corrected chi connectivity index (χ3v) is 3.78. The minimum absolute atomic E-state index is 0.258. The highest BCUT2D eigenvalue weighted by atomic mass is 19.1. The number of hydrogen-bond donors (Lipinski definition) is 2. The molecule has 5 nitrogen and oxygen atoms in total. The molecule has 0 fully saturated rings. The molecule has 26 heavy (non-hydrogen) atoms. The van der Waals surface area contributed by atoms with E-state index in [9.17, 15) is 9.18 Å². The molecule has 0 spiro atoms. The fourth-order valence-corrected chi connectivity index (χ4v) is 2.53. The highest BCUT2D eigenvalue weighted by Gasteiger charge is 2.09. The van der Waals surface area contributed by atoms with E-state index in [-0.39, 0.29) is 5.69 Å². The second-order valence-electron chi connectivity index (χ2n) is 5.69. The summed E-state index contributed by atoms with van der Waals surface area (Å²) in [4.78, 5) is 16.3. The summed E-state index contributed by atoms with van der Waals surface area (Å²) in [6, 6.07) is 14.8. The van der Waals surface area contributed by atoms with Gasteiger partial charge in [0.25, 0.3) is 0 Å². The van der Waals surface area contributed by atoms with Crippen molar-refractivity contribution in [1.29, 1.82) is 0 Å². The van der Waals surface area contributed by atoms with Gasteiger partial charge in [-0.25, -0.2) is 9.18 Å². The molecule has 6 heteroatoms. The van der Waals surface area contributed by atoms with E-state index in [0.717, 1.165) is 16.8 Å². The summed E-state index contributed by atoms with van der Waals surface area (Å²) in [5.41, 5.74) is 3.89. The van der Waals surface area contributed by atoms with Crippen molar-refractivity contribution in [2.45, 2.75) is 6.92 Å². The SMILES string of the molecule is COc1ccc(F)cc1NC(=O)Nc1ccc(-c2ccnc(C)c2)cc1. The van der Waals surface area contributed by atoms with Crippen LogP contribution in [0.2, 0.25) is 0 Å². The van der Waals surface area contributed by atoms with Crippen molar-refractivity contribution in [2.24, 2.45) is 0 Å². The highest BCUT2D eigenvalue weighted by molar-refractivity contribution is 6.00. The second kappa shape index (κ2) is 7.65. The lowest BCUT2D eigenvalue weighted by Gasteiger charge is -2.11. The predicted octanol–water partition coefficient (Wildman–Crippen LogP) is 4.85. The number of aromatic nitrogens is 1. The van der Waals surface area contributed by atoms with Crippen LogP contribution in [0.3, 0.4) is 0 Å². The zero-order valence-corrected chi connectivity index (χ0v) is 14.4. The Kier molecular flexibility index (Phi) is 5.12. The summed E-state index contributed by atoms with van der Waals surface area (Å²) in [7, 11) is 1.45. The van der Waals surface area contributed by atoms with E-state index >= 15 is 0 Å². The molecule has 1 aromatic heterocycles. The Balaban J connectivity index is 1.69. The number of anilines is 2. The largest absolute Gasteiger partial charge is 0.495 e. The fraction of sp³-hybridized carbons (Fsp3) is 0.100. The van der Waals surface area contributed by atoms with Gasteiger partial charge in [-0.1, -0.05) is 12.1 Å². The minimum Gasteiger partial charge on any atom is -0.495 e. The minimum atomic E-state index is -0.485. The molecule has 3 aromatic rings. The summed E-state index contributed by atoms with van der Waals surface area (Å²) in [6.07, 6.45) is 1.76. The second-order valence-corrected chi connectivity index (χ2v) is 5.69. The van der Waals surface area contributed by atoms with Crippen molar-refractivity contribution < 1.29 is 13.9 Å². The van der Waals surface area contributed by atoms with Gasteiger partial charge in [-0.05, 0) is 54.4 Å². The topological polar surface area (TPSA) is 63.2 Å². The van der Waals surface area contributed by atoms with Gasteiger partial charge in [0.1, 0.15) is 11.6 Å². The summed E-state index contributed by atoms with van der Waals surface area (Å²) < 4.78 is 18.5. The van der Waals surface area contributed by atoms with Gasteiger partial charge >= 0.3 is 6.03 Å². The zero-order chi connectivity index (χ0) is 18.5. The monoisotopic (exact) mass is 351 g/mol. The summed E-state index contributed by atoms with van der Waals surface area (Å²) in [5, 5.41) is 5.29. The smallest absolute Gasteiger partial charge is 0.323 e. The molecule has 0 aliphatic rings. The van der Waals surface area contributed by atoms with Crippen LogP contribution in [-0.2, 0) is 0 Å². The number of nitrogens with one attached hydrogen (secondary N) is 2. The number of halogens is 1. The van der Waals surface area contributed by atoms with Crippen LogP contribution in [0, 0.1) is 12.7 Å². The molecular weight excluding hydrogens is 333 g/mol. The molecule has 0 radical (unpaired) electrons. The lowest BCUT2D eigenvalue weighted by atomic mass is 10.1. The third-order valence-electron chi connectivity index (χ3n) is 3.78. The number of carbonyl (C=O) groups is 1. The number of ether oxygens (including phenoxy) is 1. The van der Waals surface area contributed by atoms with Crippen LogP contribution in [0.1, 0.15) is 5.69 Å². The number of methoxy groups -OCH3 is 1. The Labute approximate surface area is 150 Å². The summed E-state index contributed by atoms with van der Waals surface area (Å²) in [5.74, 6) is -0.0805. The molecule has 1 heterocycles. The van der Waals surface area contributed by atoms with Crippen LogP contribution in [-0.4, -0.2) is 18.1 Å². The van der Waals surface area contributed by atoms with E-state index in [0.29, 0.717) is 11.4 Å². The number of hydrogen-bond acceptors (Lipinski definition) is 3. The van der Waals surface area contributed by atoms with E-state index in [1.54, 1.807) is 18.3 Å². The van der Waals surface area contributed by atoms with Crippen molar-refractivity contribution >= 4 is 17.4 Å². The Bertz CT molecular complexity index is 927. The number of aryl methyl sites for hydroxylation is 1. The first-order valence-electron chi connectivity index (χ1n) is 8.00. The molecular formula is C20H18FN3O2. The van der Waals surface area contributed by atoms with Gasteiger partial charge in [-0.2, -0.15) is 0 Å². The van der Waals surface area contributed by atoms with E-state index in [1.807, 2.05) is 31.2 Å². The maximum Gasteiger partial charge on any atom is 0.323 e. The Morgan fingerprint density at radius 1 is 1.00 bits per heavy atom. The lowest BCUT2D eigenvalue weighted by Crippen LogP contribution is -2.19. The average Bonchev–Trinajstić information content (AvgIpc) is 2.62. The number of amides is 2. The summed E-state index contributed by atoms with van der Waals surface area (Å²) in [6.45, 7) is 1.93. The van der Waals surface area contributed by atoms with Crippen molar-refractivity contribution in [1.82, 2.24) is 4.98 Å². The standard InChI is InChI=1S/C20H18FN3O2/c1-13-11-15(9-10-22-13)14-3-6-17(7-4-14)23-20(25)24-18-12-16(21)5-8-19(18)26-2/h3-12H,1-2H3,(H2,23,24,25). The predicted molar refractivity (Wildman–Crippen MR) is 100 cm³/mol. The normalized spacial score (nSPS) is 10.3. The van der Waals surface area contributed by atoms with E-state index in [1.165, 1.54) is 25.3 Å². The fourth-order valence-electron chi connectivity index (χ4n) is 2.53. The first-order chi connectivity index (χ1) is 12.5. The molecule has 2 aromatic carbocycles. The molecule has 0 atom stereocenters. The Morgan fingerprint density at radius 2 is 1.77 bits per heavy atom. The molecule has 0 unspecified atom stereocenters. The molecule has 0 aliphatic carbocycles. The third kappa shape index (κ3) is 4.16. The van der Waals surface area contributed by atoms with E-state index in [4.69, 9.17) is 4.74 Å². The first kappa shape index (κ1) is 17.4. The van der Waals surface area contributed by atoms with Gasteiger partial charge in [0.15, 0.2) is 0 Å². The molecule has 0 saturated heterocycles. The van der Waals surface area contributed by atoms with Crippen LogP contribution in [0.4, 0.5) is 20.6 Å². The number of nitrogens with zero attached hydrogens (tertiary/aromatic N) is 1. The van der Waals surface area contributed by atoms with Crippen LogP contribution in [0.5, 0.6) is 5.75 Å². The maximum absolute atomic E-state index is 13.4. The van der Waals surface area contributed by atoms with Gasteiger partial charge in [0.2, 0.25) is 0 Å². The van der Waals surface area contributed by atoms with E-state index in [2.05, 4.69) is 15.6 Å². The quantitative estimate of drug-likeness (QED) is 0.706. The van der Waals surface area contributed by atoms with Crippen LogP contribution in [0.25, 0.3) is 11.1 Å². The highest BCUT2D eigenvalue weighted by Crippen LogP contribution is 2.25. The van der Waals surface area contributed by atoms with E-state index < -0.39 is 11.8 Å². The molecule has 2 amide bonds. The number of pyridine rings is 1. The maximum atomic E-state index is 13.4. The Morgan fingerprint density at radius 3 is 2.46 bits per heavy atom. The van der Waals surface area contributed by atoms with Crippen LogP contribution >= 0.6 is 0 Å². The van der Waals surface area contributed by atoms with Gasteiger partial charge in [0, 0.05) is 23.6 Å². The van der Waals surface area contributed by atoms with Gasteiger partial charge in [-0.3, -0.25) is 4.98 Å². The van der Waals surface area contributed by atoms with Crippen molar-refractivity contribution in [3.63, 3.8) is 0 Å². The molecule has 2 N–H and O–H groups in total. The van der Waals surface area contributed by atoms with Crippen molar-refractivity contribution in [2.75, 3.05) is 17.7 Å². The van der Waals surface area contributed by atoms with Gasteiger partial charge in [0.05, 0.1) is 12.8 Å². The zero-order valence-electron chi connectivity index (χ0n) is 14.4. The number of urea groups is 1. The molecule has 0 bridgehead atoms. The molecule has 3 rings (SSSR count). The van der Waals surface area contributed by atoms with Crippen molar-refractivity contribution in [3.05, 3.63) is 72.3 Å². The van der Waals surface area contributed by atoms with Gasteiger partial charge in [-0.15, -0.1) is 0 Å². The molecule has 0 saturated carbocycles. The average molecular weight is 351 g/mol. The number of carbonyl (C=O) groups excluding carboxylic acids is 1. The Hall–Kier alpha value is -3.41. The van der Waals surface area contributed by atoms with Crippen LogP contribution < -0.4 is 15.4 Å². The first-order valence-corrected chi connectivity index (χ1v) is 8.00. The van der Waals surface area contributed by atoms with Gasteiger partial charge < -0.3 is 15.4 Å². The number of benzene rings is 2. The van der Waals surface area contributed by atoms with Crippen LogP contribution in [0.15, 0.2) is 60.8 Å². The molecule has 132 valence electrons. The lowest BCUT2D eigenvalue weighted by molar-refractivity contribution is 0.262.